The molecule has 1 aromatic rings. The summed E-state index contributed by atoms with van der Waals surface area (Å²) in [4.78, 5) is 7.61. The first-order chi connectivity index (χ1) is 11.5. The highest BCUT2D eigenvalue weighted by Gasteiger charge is 2.23. The Morgan fingerprint density at radius 3 is 2.48 bits per heavy atom. The number of nitrogens with zero attached hydrogens (tertiary/aromatic N) is 3. The third-order valence-electron chi connectivity index (χ3n) is 4.25. The molecular weight excluding hydrogens is 471 g/mol. The van der Waals surface area contributed by atoms with Gasteiger partial charge in [0.2, 0.25) is 0 Å². The molecule has 1 aromatic heterocycles. The number of likely N-dealkylation sites (tertiary alicyclic amines) is 1. The lowest BCUT2D eigenvalue weighted by Crippen LogP contribution is -2.41. The van der Waals surface area contributed by atoms with Crippen molar-refractivity contribution in [2.24, 2.45) is 10.7 Å². The van der Waals surface area contributed by atoms with Gasteiger partial charge in [-0.15, -0.1) is 35.3 Å². The lowest BCUT2D eigenvalue weighted by Gasteiger charge is -2.27. The van der Waals surface area contributed by atoms with E-state index in [0.717, 1.165) is 18.0 Å². The molecule has 6 nitrogen and oxygen atoms in total. The summed E-state index contributed by atoms with van der Waals surface area (Å²) in [7, 11) is -3.36. The van der Waals surface area contributed by atoms with Crippen LogP contribution in [0.1, 0.15) is 38.0 Å². The predicted octanol–water partition coefficient (Wildman–Crippen LogP) is 2.74. The van der Waals surface area contributed by atoms with Gasteiger partial charge < -0.3 is 10.6 Å². The van der Waals surface area contributed by atoms with E-state index in [4.69, 9.17) is 5.73 Å². The van der Waals surface area contributed by atoms with E-state index in [0.29, 0.717) is 36.2 Å². The van der Waals surface area contributed by atoms with Crippen LogP contribution in [0.25, 0.3) is 0 Å². The second kappa shape index (κ2) is 10.7. The van der Waals surface area contributed by atoms with E-state index in [9.17, 15) is 8.42 Å². The van der Waals surface area contributed by atoms with E-state index in [1.54, 1.807) is 6.07 Å². The third-order valence-corrected chi connectivity index (χ3v) is 7.91. The molecule has 0 amide bonds. The van der Waals surface area contributed by atoms with Gasteiger partial charge in [0.15, 0.2) is 5.96 Å². The smallest absolute Gasteiger partial charge is 0.252 e. The molecule has 0 unspecified atom stereocenters. The van der Waals surface area contributed by atoms with E-state index in [-0.39, 0.29) is 24.0 Å². The van der Waals surface area contributed by atoms with Crippen molar-refractivity contribution in [3.8, 4) is 0 Å². The fourth-order valence-electron chi connectivity index (χ4n) is 2.83. The summed E-state index contributed by atoms with van der Waals surface area (Å²) < 4.78 is 26.8. The number of thiophene rings is 1. The molecule has 9 heteroatoms. The molecule has 2 rings (SSSR count). The molecule has 0 saturated carbocycles. The Hall–Kier alpha value is -0.390. The minimum absolute atomic E-state index is 0. The number of aliphatic imine (C=N–C) groups is 1. The van der Waals surface area contributed by atoms with Crippen molar-refractivity contribution in [1.29, 1.82) is 0 Å². The van der Waals surface area contributed by atoms with Gasteiger partial charge in [-0.3, -0.25) is 4.99 Å². The maximum Gasteiger partial charge on any atom is 0.252 e. The maximum absolute atomic E-state index is 12.5. The van der Waals surface area contributed by atoms with Crippen molar-refractivity contribution in [3.63, 3.8) is 0 Å². The third kappa shape index (κ3) is 6.07. The molecule has 1 fully saturated rings. The first kappa shape index (κ1) is 22.7. The van der Waals surface area contributed by atoms with Gasteiger partial charge in [0.1, 0.15) is 4.21 Å². The molecule has 1 aliphatic heterocycles. The normalized spacial score (nSPS) is 16.1. The van der Waals surface area contributed by atoms with Crippen LogP contribution in [0, 0.1) is 0 Å². The van der Waals surface area contributed by atoms with Gasteiger partial charge in [-0.1, -0.05) is 13.8 Å². The molecule has 0 aromatic carbocycles. The summed E-state index contributed by atoms with van der Waals surface area (Å²) in [6.07, 6.45) is 4.33. The van der Waals surface area contributed by atoms with Crippen molar-refractivity contribution in [2.75, 3.05) is 32.7 Å². The number of hydrogen-bond acceptors (Lipinski definition) is 4. The average Bonchev–Trinajstić information content (AvgIpc) is 3.06. The molecule has 144 valence electrons. The van der Waals surface area contributed by atoms with Crippen molar-refractivity contribution >= 4 is 51.3 Å². The van der Waals surface area contributed by atoms with Crippen LogP contribution in [0.4, 0.5) is 0 Å². The number of piperidine rings is 1. The highest BCUT2D eigenvalue weighted by molar-refractivity contribution is 14.0. The van der Waals surface area contributed by atoms with Gasteiger partial charge in [-0.25, -0.2) is 8.42 Å². The van der Waals surface area contributed by atoms with Crippen LogP contribution in [-0.4, -0.2) is 56.3 Å². The van der Waals surface area contributed by atoms with Gasteiger partial charge in [0, 0.05) is 44.0 Å². The van der Waals surface area contributed by atoms with Crippen LogP contribution < -0.4 is 5.73 Å². The van der Waals surface area contributed by atoms with Crippen LogP contribution in [0.5, 0.6) is 0 Å². The monoisotopic (exact) mass is 500 g/mol. The summed E-state index contributed by atoms with van der Waals surface area (Å²) in [6.45, 7) is 7.25. The summed E-state index contributed by atoms with van der Waals surface area (Å²) in [5.41, 5.74) is 6.04. The Bertz CT molecular complexity index is 651. The van der Waals surface area contributed by atoms with Gasteiger partial charge in [-0.05, 0) is 31.4 Å². The lowest BCUT2D eigenvalue weighted by atomic mass is 10.1. The summed E-state index contributed by atoms with van der Waals surface area (Å²) in [5, 5.41) is 0. The molecule has 25 heavy (non-hydrogen) atoms. The molecule has 0 atom stereocenters. The number of guanidine groups is 1. The standard InChI is InChI=1S/C16H28N4O2S2.HI/c1-3-20(4-2)24(21,22)15-9-8-14(23-15)10-11-18-16(17)19-12-6-5-7-13-19;/h8-9H,3-7,10-13H2,1-2H3,(H2,17,18);1H. The van der Waals surface area contributed by atoms with Crippen LogP contribution >= 0.6 is 35.3 Å². The fraction of sp³-hybridized carbons (Fsp3) is 0.688. The van der Waals surface area contributed by atoms with Crippen molar-refractivity contribution < 1.29 is 8.42 Å². The Labute approximate surface area is 172 Å². The zero-order valence-electron chi connectivity index (χ0n) is 15.0. The predicted molar refractivity (Wildman–Crippen MR) is 115 cm³/mol. The van der Waals surface area contributed by atoms with Crippen molar-refractivity contribution in [2.45, 2.75) is 43.7 Å². The zero-order valence-corrected chi connectivity index (χ0v) is 18.9. The van der Waals surface area contributed by atoms with E-state index < -0.39 is 10.0 Å². The highest BCUT2D eigenvalue weighted by atomic mass is 127. The minimum Gasteiger partial charge on any atom is -0.370 e. The number of nitrogens with two attached hydrogens (primary N) is 1. The van der Waals surface area contributed by atoms with E-state index in [1.165, 1.54) is 34.9 Å². The minimum atomic E-state index is -3.36. The zero-order chi connectivity index (χ0) is 17.6. The fourth-order valence-corrected chi connectivity index (χ4v) is 5.78. The quantitative estimate of drug-likeness (QED) is 0.355. The van der Waals surface area contributed by atoms with Crippen molar-refractivity contribution in [1.82, 2.24) is 9.21 Å². The molecule has 0 radical (unpaired) electrons. The van der Waals surface area contributed by atoms with Gasteiger partial charge in [-0.2, -0.15) is 4.31 Å². The SMILES string of the molecule is CCN(CC)S(=O)(=O)c1ccc(CCN=C(N)N2CCCCC2)s1.I. The molecule has 2 N–H and O–H groups in total. The van der Waals surface area contributed by atoms with Crippen molar-refractivity contribution in [3.05, 3.63) is 17.0 Å². The second-order valence-electron chi connectivity index (χ2n) is 5.85. The Balaban J connectivity index is 0.00000312. The van der Waals surface area contributed by atoms with Gasteiger partial charge >= 0.3 is 0 Å². The number of rotatable bonds is 7. The molecule has 2 heterocycles. The Morgan fingerprint density at radius 2 is 1.88 bits per heavy atom. The number of sulfonamides is 1. The molecule has 1 saturated heterocycles. The second-order valence-corrected chi connectivity index (χ2v) is 9.18. The van der Waals surface area contributed by atoms with Crippen LogP contribution in [-0.2, 0) is 16.4 Å². The number of hydrogen-bond donors (Lipinski definition) is 1. The molecular formula is C16H29IN4O2S2. The maximum atomic E-state index is 12.5. The first-order valence-electron chi connectivity index (χ1n) is 8.62. The van der Waals surface area contributed by atoms with Gasteiger partial charge in [0.05, 0.1) is 0 Å². The largest absolute Gasteiger partial charge is 0.370 e. The molecule has 1 aliphatic rings. The summed E-state index contributed by atoms with van der Waals surface area (Å²) >= 11 is 1.33. The van der Waals surface area contributed by atoms with E-state index in [2.05, 4.69) is 9.89 Å². The van der Waals surface area contributed by atoms with Crippen LogP contribution in [0.3, 0.4) is 0 Å². The van der Waals surface area contributed by atoms with Gasteiger partial charge in [0.25, 0.3) is 10.0 Å². The Morgan fingerprint density at radius 1 is 1.24 bits per heavy atom. The highest BCUT2D eigenvalue weighted by Crippen LogP contribution is 2.25. The lowest BCUT2D eigenvalue weighted by molar-refractivity contribution is 0.338. The van der Waals surface area contributed by atoms with E-state index in [1.807, 2.05) is 19.9 Å². The van der Waals surface area contributed by atoms with Crippen LogP contribution in [0.2, 0.25) is 0 Å². The first-order valence-corrected chi connectivity index (χ1v) is 10.9. The summed E-state index contributed by atoms with van der Waals surface area (Å²) in [5.74, 6) is 0.613. The topological polar surface area (TPSA) is 79.0 Å². The average molecular weight is 500 g/mol. The molecule has 0 aliphatic carbocycles. The Kier molecular flexibility index (Phi) is 9.68. The molecule has 0 spiro atoms. The molecule has 0 bridgehead atoms. The van der Waals surface area contributed by atoms with Crippen LogP contribution in [0.15, 0.2) is 21.3 Å². The van der Waals surface area contributed by atoms with E-state index >= 15 is 0 Å². The number of halogens is 1. The summed E-state index contributed by atoms with van der Waals surface area (Å²) in [6, 6.07) is 3.58.